The van der Waals surface area contributed by atoms with Gasteiger partial charge in [-0.05, 0) is 58.3 Å². The lowest BCUT2D eigenvalue weighted by Gasteiger charge is -2.01. The summed E-state index contributed by atoms with van der Waals surface area (Å²) >= 11 is 16.0. The molecule has 70 valence electrons. The van der Waals surface area contributed by atoms with Gasteiger partial charge in [0, 0.05) is 10.9 Å². The quantitative estimate of drug-likeness (QED) is 0.601. The van der Waals surface area contributed by atoms with Crippen molar-refractivity contribution in [2.24, 2.45) is 0 Å². The van der Waals surface area contributed by atoms with Gasteiger partial charge in [0.05, 0.1) is 0 Å². The molecule has 0 N–H and O–H groups in total. The standard InChI is InChI=1S/C7H4Cl3O2P/c8-7(11)5-1-3-6(4-2-5)13(9,10)12/h1-4H. The van der Waals surface area contributed by atoms with Gasteiger partial charge in [0.2, 0.25) is 0 Å². The second-order valence-electron chi connectivity index (χ2n) is 2.28. The number of rotatable bonds is 2. The zero-order valence-electron chi connectivity index (χ0n) is 6.21. The minimum Gasteiger partial charge on any atom is -0.284 e. The van der Waals surface area contributed by atoms with Crippen molar-refractivity contribution >= 4 is 50.5 Å². The Morgan fingerprint density at radius 2 is 1.62 bits per heavy atom. The summed E-state index contributed by atoms with van der Waals surface area (Å²) in [6.07, 6.45) is 0. The molecule has 1 aromatic rings. The molecule has 0 aromatic heterocycles. The molecule has 6 heteroatoms. The first-order valence-electron chi connectivity index (χ1n) is 3.21. The summed E-state index contributed by atoms with van der Waals surface area (Å²) in [6, 6.07) is 5.66. The van der Waals surface area contributed by atoms with E-state index in [1.54, 1.807) is 0 Å². The van der Waals surface area contributed by atoms with Gasteiger partial charge in [-0.3, -0.25) is 9.36 Å². The molecular formula is C7H4Cl3O2P. The van der Waals surface area contributed by atoms with Gasteiger partial charge in [0.1, 0.15) is 0 Å². The summed E-state index contributed by atoms with van der Waals surface area (Å²) in [6.45, 7) is 0. The van der Waals surface area contributed by atoms with E-state index >= 15 is 0 Å². The van der Waals surface area contributed by atoms with E-state index in [0.29, 0.717) is 5.56 Å². The van der Waals surface area contributed by atoms with Gasteiger partial charge >= 0.3 is 0 Å². The SMILES string of the molecule is O=C(Cl)c1ccc(P(=O)(Cl)Cl)cc1. The lowest BCUT2D eigenvalue weighted by Crippen LogP contribution is -1.98. The Morgan fingerprint density at radius 3 is 1.92 bits per heavy atom. The van der Waals surface area contributed by atoms with Crippen LogP contribution in [0.5, 0.6) is 0 Å². The average molecular weight is 257 g/mol. The molecule has 0 saturated heterocycles. The third kappa shape index (κ3) is 2.99. The number of hydrogen-bond acceptors (Lipinski definition) is 2. The number of hydrogen-bond donors (Lipinski definition) is 0. The Kier molecular flexibility index (Phi) is 3.42. The fraction of sp³-hybridized carbons (Fsp3) is 0. The first-order chi connectivity index (χ1) is 5.91. The monoisotopic (exact) mass is 256 g/mol. The van der Waals surface area contributed by atoms with Gasteiger partial charge in [-0.1, -0.05) is 0 Å². The van der Waals surface area contributed by atoms with Gasteiger partial charge in [-0.15, -0.1) is 0 Å². The Balaban J connectivity index is 3.08. The molecule has 0 amide bonds. The molecule has 1 aromatic carbocycles. The molecule has 0 atom stereocenters. The molecule has 2 nitrogen and oxygen atoms in total. The topological polar surface area (TPSA) is 34.1 Å². The van der Waals surface area contributed by atoms with Gasteiger partial charge in [0.25, 0.3) is 11.1 Å². The summed E-state index contributed by atoms with van der Waals surface area (Å²) in [5.41, 5.74) is 0.312. The molecule has 0 heterocycles. The molecule has 0 radical (unpaired) electrons. The van der Waals surface area contributed by atoms with Crippen molar-refractivity contribution in [1.29, 1.82) is 0 Å². The fourth-order valence-electron chi connectivity index (χ4n) is 0.766. The lowest BCUT2D eigenvalue weighted by molar-refractivity contribution is 0.108. The zero-order chi connectivity index (χ0) is 10.1. The van der Waals surface area contributed by atoms with Crippen LogP contribution in [0.4, 0.5) is 0 Å². The maximum atomic E-state index is 11.1. The van der Waals surface area contributed by atoms with E-state index in [2.05, 4.69) is 0 Å². The molecule has 0 spiro atoms. The van der Waals surface area contributed by atoms with Gasteiger partial charge in [-0.25, -0.2) is 0 Å². The van der Waals surface area contributed by atoms with Crippen molar-refractivity contribution in [3.05, 3.63) is 29.8 Å². The molecule has 0 unspecified atom stereocenters. The van der Waals surface area contributed by atoms with Crippen molar-refractivity contribution in [2.75, 3.05) is 0 Å². The number of carbonyl (C=O) groups is 1. The summed E-state index contributed by atoms with van der Waals surface area (Å²) in [5.74, 6) is -3.28. The van der Waals surface area contributed by atoms with Crippen LogP contribution in [0.3, 0.4) is 0 Å². The molecule has 0 fully saturated rings. The Labute approximate surface area is 89.7 Å². The van der Waals surface area contributed by atoms with Crippen LogP contribution in [0.15, 0.2) is 24.3 Å². The average Bonchev–Trinajstić information content (AvgIpc) is 2.03. The molecular weight excluding hydrogens is 253 g/mol. The summed E-state index contributed by atoms with van der Waals surface area (Å²) in [4.78, 5) is 10.6. The number of benzene rings is 1. The minimum absolute atomic E-state index is 0.289. The molecule has 1 rings (SSSR count). The largest absolute Gasteiger partial charge is 0.284 e. The maximum absolute atomic E-state index is 11.1. The van der Waals surface area contributed by atoms with Crippen LogP contribution in [0.2, 0.25) is 0 Å². The number of carbonyl (C=O) groups excluding carboxylic acids is 1. The zero-order valence-corrected chi connectivity index (χ0v) is 9.37. The second kappa shape index (κ2) is 4.02. The molecule has 0 saturated carbocycles. The van der Waals surface area contributed by atoms with Crippen molar-refractivity contribution < 1.29 is 9.36 Å². The summed E-state index contributed by atoms with van der Waals surface area (Å²) < 4.78 is 11.1. The van der Waals surface area contributed by atoms with Crippen molar-refractivity contribution in [2.45, 2.75) is 0 Å². The van der Waals surface area contributed by atoms with E-state index < -0.39 is 11.1 Å². The van der Waals surface area contributed by atoms with E-state index in [1.807, 2.05) is 0 Å². The van der Waals surface area contributed by atoms with E-state index in [-0.39, 0.29) is 5.30 Å². The second-order valence-corrected chi connectivity index (χ2v) is 7.44. The smallest absolute Gasteiger partial charge is 0.281 e. The highest BCUT2D eigenvalue weighted by Crippen LogP contribution is 2.55. The predicted molar refractivity (Wildman–Crippen MR) is 55.6 cm³/mol. The number of halogens is 3. The Hall–Kier alpha value is -0.0100. The van der Waals surface area contributed by atoms with Gasteiger partial charge in [-0.2, -0.15) is 0 Å². The molecule has 13 heavy (non-hydrogen) atoms. The molecule has 0 aliphatic rings. The predicted octanol–water partition coefficient (Wildman–Crippen LogP) is 3.36. The first-order valence-corrected chi connectivity index (χ1v) is 7.10. The van der Waals surface area contributed by atoms with Gasteiger partial charge in [0.15, 0.2) is 0 Å². The highest BCUT2D eigenvalue weighted by atomic mass is 35.9. The highest BCUT2D eigenvalue weighted by Gasteiger charge is 2.17. The third-order valence-electron chi connectivity index (χ3n) is 1.39. The Bertz CT molecular complexity index is 368. The fourth-order valence-corrected chi connectivity index (χ4v) is 2.06. The van der Waals surface area contributed by atoms with Crippen LogP contribution in [0.25, 0.3) is 0 Å². The van der Waals surface area contributed by atoms with E-state index in [0.717, 1.165) is 0 Å². The molecule has 0 aliphatic carbocycles. The molecule has 0 aliphatic heterocycles. The van der Waals surface area contributed by atoms with Crippen LogP contribution < -0.4 is 5.30 Å². The van der Waals surface area contributed by atoms with E-state index in [4.69, 9.17) is 34.1 Å². The van der Waals surface area contributed by atoms with Crippen LogP contribution in [0.1, 0.15) is 10.4 Å². The third-order valence-corrected chi connectivity index (χ3v) is 3.68. The van der Waals surface area contributed by atoms with Crippen LogP contribution >= 0.6 is 39.9 Å². The maximum Gasteiger partial charge on any atom is 0.281 e. The van der Waals surface area contributed by atoms with Crippen molar-refractivity contribution in [3.8, 4) is 0 Å². The van der Waals surface area contributed by atoms with Crippen LogP contribution in [-0.4, -0.2) is 5.24 Å². The van der Waals surface area contributed by atoms with Crippen LogP contribution in [-0.2, 0) is 4.57 Å². The van der Waals surface area contributed by atoms with E-state index in [1.165, 1.54) is 24.3 Å². The van der Waals surface area contributed by atoms with Gasteiger partial charge < -0.3 is 0 Å². The lowest BCUT2D eigenvalue weighted by atomic mass is 10.2. The van der Waals surface area contributed by atoms with E-state index in [9.17, 15) is 9.36 Å². The van der Waals surface area contributed by atoms with Crippen molar-refractivity contribution in [1.82, 2.24) is 0 Å². The minimum atomic E-state index is -3.28. The van der Waals surface area contributed by atoms with Crippen LogP contribution in [0, 0.1) is 0 Å². The summed E-state index contributed by atoms with van der Waals surface area (Å²) in [7, 11) is 0. The highest BCUT2D eigenvalue weighted by molar-refractivity contribution is 8.13. The molecule has 0 bridgehead atoms. The first kappa shape index (κ1) is 11.1. The Morgan fingerprint density at radius 1 is 1.15 bits per heavy atom. The summed E-state index contributed by atoms with van der Waals surface area (Å²) in [5, 5.41) is -0.289. The van der Waals surface area contributed by atoms with Crippen molar-refractivity contribution in [3.63, 3.8) is 0 Å². The normalized spacial score (nSPS) is 11.3.